The molecule has 0 aromatic carbocycles. The first-order valence-electron chi connectivity index (χ1n) is 7.40. The minimum Gasteiger partial charge on any atom is -0.372 e. The summed E-state index contributed by atoms with van der Waals surface area (Å²) in [7, 11) is -3.52. The van der Waals surface area contributed by atoms with Gasteiger partial charge in [0.25, 0.3) is 5.91 Å². The Morgan fingerprint density at radius 1 is 1.35 bits per heavy atom. The van der Waals surface area contributed by atoms with Gasteiger partial charge in [-0.1, -0.05) is 0 Å². The largest absolute Gasteiger partial charge is 0.372 e. The lowest BCUT2D eigenvalue weighted by Gasteiger charge is -2.27. The third-order valence-corrected chi connectivity index (χ3v) is 3.54. The zero-order valence-corrected chi connectivity index (χ0v) is 14.5. The number of nitrogens with zero attached hydrogens (tertiary/aromatic N) is 3. The minimum absolute atomic E-state index is 0.259. The maximum atomic E-state index is 11.2. The van der Waals surface area contributed by atoms with Crippen LogP contribution in [0.2, 0.25) is 0 Å². The van der Waals surface area contributed by atoms with Crippen LogP contribution in [-0.2, 0) is 19.6 Å². The lowest BCUT2D eigenvalue weighted by molar-refractivity contribution is -0.123. The van der Waals surface area contributed by atoms with E-state index in [2.05, 4.69) is 28.7 Å². The summed E-state index contributed by atoms with van der Waals surface area (Å²) in [6.07, 6.45) is 7.58. The third kappa shape index (κ3) is 8.46. The molecule has 0 radical (unpaired) electrons. The van der Waals surface area contributed by atoms with Gasteiger partial charge in [0.1, 0.15) is 12.4 Å². The van der Waals surface area contributed by atoms with Crippen molar-refractivity contribution in [3.05, 3.63) is 18.6 Å². The van der Waals surface area contributed by atoms with Crippen molar-refractivity contribution in [1.82, 2.24) is 14.7 Å². The summed E-state index contributed by atoms with van der Waals surface area (Å²) in [6, 6.07) is 0.299. The lowest BCUT2D eigenvalue weighted by atomic mass is 10.2. The molecule has 1 rings (SSSR count). The van der Waals surface area contributed by atoms with Crippen LogP contribution in [-0.4, -0.2) is 56.3 Å². The molecule has 9 heteroatoms. The SMILES string of the molecule is CC(C)N(CCCCOCC(=O)NS(C)(=O)=O)c1cnccn1. The molecule has 1 N–H and O–H groups in total. The number of hydrogen-bond donors (Lipinski definition) is 1. The van der Waals surface area contributed by atoms with Gasteiger partial charge in [-0.15, -0.1) is 0 Å². The van der Waals surface area contributed by atoms with E-state index in [0.29, 0.717) is 12.6 Å². The van der Waals surface area contributed by atoms with Crippen LogP contribution in [0.1, 0.15) is 26.7 Å². The Hall–Kier alpha value is -1.74. The number of carbonyl (C=O) groups excluding carboxylic acids is 1. The summed E-state index contributed by atoms with van der Waals surface area (Å²) in [4.78, 5) is 21.7. The summed E-state index contributed by atoms with van der Waals surface area (Å²) in [5, 5.41) is 0. The van der Waals surface area contributed by atoms with Gasteiger partial charge in [0, 0.05) is 31.6 Å². The molecule has 0 unspecified atom stereocenters. The standard InChI is InChI=1S/C14H24N4O4S/c1-12(2)18(13-10-15-6-7-16-13)8-4-5-9-22-11-14(19)17-23(3,20)21/h6-7,10,12H,4-5,8-9,11H2,1-3H3,(H,17,19). The van der Waals surface area contributed by atoms with E-state index in [1.54, 1.807) is 18.6 Å². The monoisotopic (exact) mass is 344 g/mol. The Morgan fingerprint density at radius 3 is 2.65 bits per heavy atom. The molecule has 0 bridgehead atoms. The van der Waals surface area contributed by atoms with E-state index in [9.17, 15) is 13.2 Å². The van der Waals surface area contributed by atoms with E-state index in [4.69, 9.17) is 4.74 Å². The van der Waals surface area contributed by atoms with Crippen molar-refractivity contribution in [1.29, 1.82) is 0 Å². The molecule has 8 nitrogen and oxygen atoms in total. The fraction of sp³-hybridized carbons (Fsp3) is 0.643. The Morgan fingerprint density at radius 2 is 2.09 bits per heavy atom. The number of rotatable bonds is 10. The molecule has 1 heterocycles. The van der Waals surface area contributed by atoms with Crippen LogP contribution in [0.25, 0.3) is 0 Å². The van der Waals surface area contributed by atoms with Crippen molar-refractivity contribution in [2.45, 2.75) is 32.7 Å². The van der Waals surface area contributed by atoms with Crippen molar-refractivity contribution >= 4 is 21.7 Å². The van der Waals surface area contributed by atoms with Gasteiger partial charge in [0.2, 0.25) is 10.0 Å². The molecule has 0 spiro atoms. The van der Waals surface area contributed by atoms with Gasteiger partial charge in [-0.2, -0.15) is 0 Å². The van der Waals surface area contributed by atoms with E-state index in [1.165, 1.54) is 0 Å². The number of nitrogens with one attached hydrogen (secondary N) is 1. The molecular weight excluding hydrogens is 320 g/mol. The molecule has 130 valence electrons. The fourth-order valence-electron chi connectivity index (χ4n) is 1.96. The predicted molar refractivity (Wildman–Crippen MR) is 87.6 cm³/mol. The third-order valence-electron chi connectivity index (χ3n) is 2.94. The number of hydrogen-bond acceptors (Lipinski definition) is 7. The highest BCUT2D eigenvalue weighted by Gasteiger charge is 2.11. The summed E-state index contributed by atoms with van der Waals surface area (Å²) in [5.74, 6) is 0.173. The summed E-state index contributed by atoms with van der Waals surface area (Å²) in [6.45, 7) is 5.10. The Kier molecular flexibility index (Phi) is 7.90. The van der Waals surface area contributed by atoms with Gasteiger partial charge < -0.3 is 9.64 Å². The van der Waals surface area contributed by atoms with Crippen molar-refractivity contribution in [2.24, 2.45) is 0 Å². The van der Waals surface area contributed by atoms with E-state index in [0.717, 1.165) is 31.5 Å². The highest BCUT2D eigenvalue weighted by atomic mass is 32.2. The van der Waals surface area contributed by atoms with Crippen molar-refractivity contribution in [3.63, 3.8) is 0 Å². The molecule has 0 aliphatic rings. The van der Waals surface area contributed by atoms with E-state index >= 15 is 0 Å². The van der Waals surface area contributed by atoms with Crippen molar-refractivity contribution in [3.8, 4) is 0 Å². The Balaban J connectivity index is 2.24. The van der Waals surface area contributed by atoms with Crippen LogP contribution in [0.5, 0.6) is 0 Å². The van der Waals surface area contributed by atoms with Crippen LogP contribution < -0.4 is 9.62 Å². The second kappa shape index (κ2) is 9.41. The number of ether oxygens (including phenoxy) is 1. The van der Waals surface area contributed by atoms with Crippen LogP contribution >= 0.6 is 0 Å². The topological polar surface area (TPSA) is 101 Å². The van der Waals surface area contributed by atoms with Crippen molar-refractivity contribution < 1.29 is 17.9 Å². The van der Waals surface area contributed by atoms with Crippen LogP contribution in [0.3, 0.4) is 0 Å². The lowest BCUT2D eigenvalue weighted by Crippen LogP contribution is -2.33. The maximum absolute atomic E-state index is 11.2. The minimum atomic E-state index is -3.52. The van der Waals surface area contributed by atoms with E-state index in [1.807, 2.05) is 4.72 Å². The average Bonchev–Trinajstić information content (AvgIpc) is 2.45. The molecule has 1 amide bonds. The first kappa shape index (κ1) is 19.3. The summed E-state index contributed by atoms with van der Waals surface area (Å²) >= 11 is 0. The van der Waals surface area contributed by atoms with Gasteiger partial charge in [-0.25, -0.2) is 13.4 Å². The number of sulfonamides is 1. The van der Waals surface area contributed by atoms with Crippen LogP contribution in [0, 0.1) is 0 Å². The second-order valence-electron chi connectivity index (χ2n) is 5.41. The maximum Gasteiger partial charge on any atom is 0.259 e. The number of amides is 1. The second-order valence-corrected chi connectivity index (χ2v) is 7.16. The quantitative estimate of drug-likeness (QED) is 0.619. The van der Waals surface area contributed by atoms with Crippen LogP contribution in [0.4, 0.5) is 5.82 Å². The zero-order chi connectivity index (χ0) is 17.3. The van der Waals surface area contributed by atoms with E-state index in [-0.39, 0.29) is 6.61 Å². The molecule has 1 aromatic rings. The average molecular weight is 344 g/mol. The van der Waals surface area contributed by atoms with Crippen molar-refractivity contribution in [2.75, 3.05) is 30.9 Å². The number of anilines is 1. The highest BCUT2D eigenvalue weighted by Crippen LogP contribution is 2.12. The predicted octanol–water partition coefficient (Wildman–Crippen LogP) is 0.564. The van der Waals surface area contributed by atoms with Gasteiger partial charge in [-0.05, 0) is 26.7 Å². The van der Waals surface area contributed by atoms with E-state index < -0.39 is 15.9 Å². The molecule has 0 atom stereocenters. The molecule has 0 saturated carbocycles. The first-order valence-corrected chi connectivity index (χ1v) is 9.30. The van der Waals surface area contributed by atoms with Gasteiger partial charge in [0.05, 0.1) is 12.5 Å². The number of aromatic nitrogens is 2. The molecule has 23 heavy (non-hydrogen) atoms. The Bertz CT molecular complexity index is 578. The molecule has 0 aliphatic heterocycles. The smallest absolute Gasteiger partial charge is 0.259 e. The number of carbonyl (C=O) groups is 1. The van der Waals surface area contributed by atoms with Gasteiger partial charge >= 0.3 is 0 Å². The number of unbranched alkanes of at least 4 members (excludes halogenated alkanes) is 1. The highest BCUT2D eigenvalue weighted by molar-refractivity contribution is 7.89. The van der Waals surface area contributed by atoms with Gasteiger partial charge in [0.15, 0.2) is 0 Å². The fourth-order valence-corrected chi connectivity index (χ4v) is 2.44. The zero-order valence-electron chi connectivity index (χ0n) is 13.7. The molecule has 0 saturated heterocycles. The van der Waals surface area contributed by atoms with Gasteiger partial charge in [-0.3, -0.25) is 14.5 Å². The molecule has 1 aromatic heterocycles. The normalized spacial score (nSPS) is 11.5. The molecule has 0 aliphatic carbocycles. The Labute approximate surface area is 137 Å². The summed E-state index contributed by atoms with van der Waals surface area (Å²) < 4.78 is 28.7. The molecular formula is C14H24N4O4S. The first-order chi connectivity index (χ1) is 10.8. The van der Waals surface area contributed by atoms with Crippen LogP contribution in [0.15, 0.2) is 18.6 Å². The summed E-state index contributed by atoms with van der Waals surface area (Å²) in [5.41, 5.74) is 0. The molecule has 0 fully saturated rings.